The molecule has 2 amide bonds. The minimum atomic E-state index is -3.73. The highest BCUT2D eigenvalue weighted by molar-refractivity contribution is 7.92. The van der Waals surface area contributed by atoms with Crippen molar-refractivity contribution in [3.05, 3.63) is 99.0 Å². The van der Waals surface area contributed by atoms with Crippen molar-refractivity contribution >= 4 is 62.3 Å². The van der Waals surface area contributed by atoms with Crippen LogP contribution in [0.25, 0.3) is 0 Å². The Hall–Kier alpha value is -2.78. The number of sulfonamides is 1. The fraction of sp³-hybridized carbons (Fsp3) is 0.333. The maximum atomic E-state index is 13.8. The molecule has 0 aliphatic heterocycles. The molecule has 0 radical (unpaired) electrons. The summed E-state index contributed by atoms with van der Waals surface area (Å²) in [5.74, 6) is -0.567. The summed E-state index contributed by atoms with van der Waals surface area (Å²) in [6.07, 6.45) is 2.29. The number of halogens is 3. The van der Waals surface area contributed by atoms with Crippen molar-refractivity contribution < 1.29 is 18.0 Å². The number of anilines is 1. The molecule has 0 saturated carbocycles. The lowest BCUT2D eigenvalue weighted by molar-refractivity contribution is -0.141. The van der Waals surface area contributed by atoms with Crippen molar-refractivity contribution in [2.45, 2.75) is 45.2 Å². The Morgan fingerprint density at radius 1 is 0.927 bits per heavy atom. The molecule has 3 aromatic rings. The molecule has 1 N–H and O–H groups in total. The van der Waals surface area contributed by atoms with Crippen LogP contribution in [0.3, 0.4) is 0 Å². The molecule has 11 heteroatoms. The summed E-state index contributed by atoms with van der Waals surface area (Å²) < 4.78 is 26.4. The molecule has 3 aromatic carbocycles. The molecule has 0 aromatic heterocycles. The van der Waals surface area contributed by atoms with Gasteiger partial charge in [0, 0.05) is 42.5 Å². The van der Waals surface area contributed by atoms with Gasteiger partial charge in [-0.05, 0) is 48.2 Å². The lowest BCUT2D eigenvalue weighted by Crippen LogP contribution is -2.50. The molecule has 0 aliphatic carbocycles. The van der Waals surface area contributed by atoms with Gasteiger partial charge in [-0.1, -0.05) is 90.3 Å². The number of nitrogens with one attached hydrogen (secondary N) is 1. The predicted octanol–water partition coefficient (Wildman–Crippen LogP) is 6.36. The van der Waals surface area contributed by atoms with Crippen LogP contribution in [0.4, 0.5) is 5.69 Å². The zero-order valence-corrected chi connectivity index (χ0v) is 26.1. The second-order valence-corrected chi connectivity index (χ2v) is 12.8. The van der Waals surface area contributed by atoms with E-state index >= 15 is 0 Å². The van der Waals surface area contributed by atoms with Crippen LogP contribution in [0.2, 0.25) is 15.1 Å². The van der Waals surface area contributed by atoms with Crippen LogP contribution in [0, 0.1) is 0 Å². The van der Waals surface area contributed by atoms with Gasteiger partial charge in [-0.3, -0.25) is 13.9 Å². The Bertz CT molecular complexity index is 1440. The third-order valence-corrected chi connectivity index (χ3v) is 8.55. The summed E-state index contributed by atoms with van der Waals surface area (Å²) in [6.45, 7) is 2.54. The van der Waals surface area contributed by atoms with Crippen molar-refractivity contribution in [1.82, 2.24) is 10.2 Å². The van der Waals surface area contributed by atoms with Crippen LogP contribution in [0.5, 0.6) is 0 Å². The van der Waals surface area contributed by atoms with Gasteiger partial charge in [0.2, 0.25) is 21.8 Å². The Kier molecular flexibility index (Phi) is 12.3. The highest BCUT2D eigenvalue weighted by Gasteiger charge is 2.31. The van der Waals surface area contributed by atoms with Crippen molar-refractivity contribution in [2.75, 3.05) is 23.7 Å². The fourth-order valence-electron chi connectivity index (χ4n) is 4.39. The number of hydrogen-bond acceptors (Lipinski definition) is 4. The molecular weight excluding hydrogens is 605 g/mol. The molecule has 0 heterocycles. The normalized spacial score (nSPS) is 12.0. The lowest BCUT2D eigenvalue weighted by atomic mass is 10.0. The Balaban J connectivity index is 1.90. The highest BCUT2D eigenvalue weighted by Crippen LogP contribution is 2.31. The number of nitrogens with zero attached hydrogens (tertiary/aromatic N) is 2. The van der Waals surface area contributed by atoms with Crippen molar-refractivity contribution in [2.24, 2.45) is 0 Å². The third kappa shape index (κ3) is 9.64. The minimum Gasteiger partial charge on any atom is -0.354 e. The van der Waals surface area contributed by atoms with Gasteiger partial charge in [0.1, 0.15) is 6.04 Å². The number of amides is 2. The van der Waals surface area contributed by atoms with Gasteiger partial charge in [0.25, 0.3) is 0 Å². The summed E-state index contributed by atoms with van der Waals surface area (Å²) in [5, 5.41) is 3.98. The van der Waals surface area contributed by atoms with E-state index < -0.39 is 16.1 Å². The quantitative estimate of drug-likeness (QED) is 0.223. The SMILES string of the molecule is CCCNC(=O)C(Cc1ccccc1)N(Cc1ccccc1Cl)C(=O)CCCN(c1cc(Cl)ccc1Cl)S(C)(=O)=O. The van der Waals surface area contributed by atoms with E-state index in [9.17, 15) is 18.0 Å². The van der Waals surface area contributed by atoms with Crippen LogP contribution in [0.1, 0.15) is 37.3 Å². The van der Waals surface area contributed by atoms with E-state index in [-0.39, 0.29) is 48.5 Å². The zero-order valence-electron chi connectivity index (χ0n) is 23.0. The maximum absolute atomic E-state index is 13.8. The summed E-state index contributed by atoms with van der Waals surface area (Å²) in [6, 6.07) is 20.4. The molecule has 1 atom stereocenters. The van der Waals surface area contributed by atoms with Gasteiger partial charge >= 0.3 is 0 Å². The first-order valence-electron chi connectivity index (χ1n) is 13.3. The molecular formula is C30H34Cl3N3O4S. The molecule has 3 rings (SSSR count). The number of carbonyl (C=O) groups is 2. The molecule has 0 saturated heterocycles. The first-order chi connectivity index (χ1) is 19.5. The van der Waals surface area contributed by atoms with Gasteiger partial charge in [-0.15, -0.1) is 0 Å². The third-order valence-electron chi connectivity index (χ3n) is 6.45. The second kappa shape index (κ2) is 15.4. The van der Waals surface area contributed by atoms with Gasteiger partial charge in [-0.2, -0.15) is 0 Å². The van der Waals surface area contributed by atoms with E-state index in [1.54, 1.807) is 18.2 Å². The van der Waals surface area contributed by atoms with Crippen LogP contribution in [-0.2, 0) is 32.6 Å². The number of rotatable bonds is 14. The van der Waals surface area contributed by atoms with E-state index in [1.807, 2.05) is 49.4 Å². The van der Waals surface area contributed by atoms with Gasteiger partial charge in [0.15, 0.2) is 0 Å². The fourth-order valence-corrected chi connectivity index (χ4v) is 5.99. The molecule has 0 spiro atoms. The standard InChI is InChI=1S/C30H34Cl3N3O4S/c1-3-17-34-30(38)28(19-22-10-5-4-6-11-22)35(21-23-12-7-8-13-25(23)32)29(37)14-9-18-36(41(2,39)40)27-20-24(31)15-16-26(27)33/h4-8,10-13,15-16,20,28H,3,9,14,17-19,21H2,1-2H3,(H,34,38). The van der Waals surface area contributed by atoms with Crippen LogP contribution < -0.4 is 9.62 Å². The Labute approximate surface area is 257 Å². The number of benzene rings is 3. The summed E-state index contributed by atoms with van der Waals surface area (Å²) in [7, 11) is -3.73. The second-order valence-electron chi connectivity index (χ2n) is 9.64. The molecule has 7 nitrogen and oxygen atoms in total. The molecule has 0 aliphatic rings. The van der Waals surface area contributed by atoms with Crippen molar-refractivity contribution in [3.63, 3.8) is 0 Å². The topological polar surface area (TPSA) is 86.8 Å². The van der Waals surface area contributed by atoms with Gasteiger partial charge in [-0.25, -0.2) is 8.42 Å². The molecule has 220 valence electrons. The van der Waals surface area contributed by atoms with Crippen LogP contribution >= 0.6 is 34.8 Å². The largest absolute Gasteiger partial charge is 0.354 e. The van der Waals surface area contributed by atoms with E-state index in [2.05, 4.69) is 5.32 Å². The number of hydrogen-bond donors (Lipinski definition) is 1. The lowest BCUT2D eigenvalue weighted by Gasteiger charge is -2.32. The van der Waals surface area contributed by atoms with E-state index in [0.717, 1.165) is 22.5 Å². The zero-order chi connectivity index (χ0) is 30.0. The first kappa shape index (κ1) is 32.7. The van der Waals surface area contributed by atoms with Crippen molar-refractivity contribution in [1.29, 1.82) is 0 Å². The summed E-state index contributed by atoms with van der Waals surface area (Å²) in [4.78, 5) is 28.8. The average molecular weight is 639 g/mol. The highest BCUT2D eigenvalue weighted by atomic mass is 35.5. The molecule has 41 heavy (non-hydrogen) atoms. The summed E-state index contributed by atoms with van der Waals surface area (Å²) in [5.41, 5.74) is 1.84. The molecule has 0 bridgehead atoms. The van der Waals surface area contributed by atoms with Gasteiger partial charge in [0.05, 0.1) is 17.0 Å². The van der Waals surface area contributed by atoms with E-state index in [4.69, 9.17) is 34.8 Å². The monoisotopic (exact) mass is 637 g/mol. The summed E-state index contributed by atoms with van der Waals surface area (Å²) >= 11 is 18.9. The molecule has 1 unspecified atom stereocenters. The molecule has 0 fully saturated rings. The first-order valence-corrected chi connectivity index (χ1v) is 16.3. The van der Waals surface area contributed by atoms with Gasteiger partial charge < -0.3 is 10.2 Å². The van der Waals surface area contributed by atoms with Crippen LogP contribution in [0.15, 0.2) is 72.8 Å². The Morgan fingerprint density at radius 3 is 2.27 bits per heavy atom. The van der Waals surface area contributed by atoms with E-state index in [1.165, 1.54) is 17.0 Å². The maximum Gasteiger partial charge on any atom is 0.243 e. The minimum absolute atomic E-state index is 0.00402. The predicted molar refractivity (Wildman–Crippen MR) is 167 cm³/mol. The average Bonchev–Trinajstić information content (AvgIpc) is 2.94. The van der Waals surface area contributed by atoms with Crippen LogP contribution in [-0.4, -0.2) is 50.5 Å². The Morgan fingerprint density at radius 2 is 1.61 bits per heavy atom. The smallest absolute Gasteiger partial charge is 0.243 e. The van der Waals surface area contributed by atoms with Crippen molar-refractivity contribution in [3.8, 4) is 0 Å². The number of carbonyl (C=O) groups excluding carboxylic acids is 2. The van der Waals surface area contributed by atoms with E-state index in [0.29, 0.717) is 28.6 Å².